The van der Waals surface area contributed by atoms with Crippen molar-refractivity contribution in [2.75, 3.05) is 5.33 Å². The van der Waals surface area contributed by atoms with E-state index in [1.807, 2.05) is 0 Å². The molecule has 1 atom stereocenters. The largest absolute Gasteiger partial charge is 0.470 e. The van der Waals surface area contributed by atoms with Crippen LogP contribution in [0.3, 0.4) is 0 Å². The summed E-state index contributed by atoms with van der Waals surface area (Å²) in [5.41, 5.74) is 0. The van der Waals surface area contributed by atoms with E-state index in [4.69, 9.17) is 9.79 Å². The molecule has 0 aromatic heterocycles. The van der Waals surface area contributed by atoms with Crippen LogP contribution in [0, 0.1) is 0 Å². The maximum Gasteiger partial charge on any atom is 0.470 e. The fraction of sp³-hybridized carbons (Fsp3) is 1.00. The van der Waals surface area contributed by atoms with Crippen LogP contribution in [0.1, 0.15) is 6.92 Å². The van der Waals surface area contributed by atoms with Crippen molar-refractivity contribution in [1.29, 1.82) is 0 Å². The van der Waals surface area contributed by atoms with Gasteiger partial charge in [0.25, 0.3) is 0 Å². The van der Waals surface area contributed by atoms with Crippen molar-refractivity contribution in [3.05, 3.63) is 0 Å². The van der Waals surface area contributed by atoms with E-state index in [2.05, 4.69) is 36.4 Å². The molecule has 1 unspecified atom stereocenters. The maximum atomic E-state index is 10.2. The highest BCUT2D eigenvalue weighted by Crippen LogP contribution is 2.44. The zero-order chi connectivity index (χ0) is 8.41. The fourth-order valence-corrected chi connectivity index (χ4v) is 1.69. The highest BCUT2D eigenvalue weighted by molar-refractivity contribution is 9.12. The molecule has 0 spiro atoms. The Morgan fingerprint density at radius 1 is 1.70 bits per heavy atom. The van der Waals surface area contributed by atoms with Gasteiger partial charge in [-0.1, -0.05) is 31.9 Å². The second-order valence-corrected chi connectivity index (χ2v) is 5.22. The van der Waals surface area contributed by atoms with E-state index in [0.29, 0.717) is 5.33 Å². The molecule has 62 valence electrons. The molecule has 0 fully saturated rings. The first-order valence-corrected chi connectivity index (χ1v) is 5.72. The Morgan fingerprint density at radius 3 is 2.20 bits per heavy atom. The molecule has 0 amide bonds. The molecular formula is C3H7Br2O4P. The van der Waals surface area contributed by atoms with Crippen molar-refractivity contribution < 1.29 is 18.9 Å². The smallest absolute Gasteiger partial charge is 0.303 e. The molecule has 0 radical (unpaired) electrons. The summed E-state index contributed by atoms with van der Waals surface area (Å²) in [5.74, 6) is 0. The van der Waals surface area contributed by atoms with Crippen molar-refractivity contribution in [1.82, 2.24) is 0 Å². The standard InChI is InChI=1S/C3H7Br2O4P/c1-3(5,2-4)9-10(6,7)8/h2H2,1H3,(H2,6,7,8). The maximum absolute atomic E-state index is 10.2. The van der Waals surface area contributed by atoms with Gasteiger partial charge in [-0.3, -0.25) is 4.52 Å². The van der Waals surface area contributed by atoms with Gasteiger partial charge in [-0.2, -0.15) is 0 Å². The predicted molar refractivity (Wildman–Crippen MR) is 44.3 cm³/mol. The molecule has 0 saturated carbocycles. The number of hydrogen-bond acceptors (Lipinski definition) is 2. The topological polar surface area (TPSA) is 66.8 Å². The van der Waals surface area contributed by atoms with E-state index in [-0.39, 0.29) is 0 Å². The quantitative estimate of drug-likeness (QED) is 0.613. The minimum atomic E-state index is -4.38. The number of rotatable bonds is 3. The van der Waals surface area contributed by atoms with Gasteiger partial charge in [0.15, 0.2) is 0 Å². The van der Waals surface area contributed by atoms with Crippen LogP contribution in [-0.2, 0) is 9.09 Å². The highest BCUT2D eigenvalue weighted by Gasteiger charge is 2.29. The molecule has 0 aliphatic heterocycles. The van der Waals surface area contributed by atoms with Gasteiger partial charge >= 0.3 is 7.82 Å². The van der Waals surface area contributed by atoms with Crippen LogP contribution >= 0.6 is 39.7 Å². The summed E-state index contributed by atoms with van der Waals surface area (Å²) in [6.07, 6.45) is 0. The summed E-state index contributed by atoms with van der Waals surface area (Å²) >= 11 is 5.96. The second-order valence-electron chi connectivity index (χ2n) is 1.82. The van der Waals surface area contributed by atoms with Crippen molar-refractivity contribution in [3.63, 3.8) is 0 Å². The SMILES string of the molecule is CC(Br)(CBr)OP(=O)(O)O. The van der Waals surface area contributed by atoms with Crippen molar-refractivity contribution in [2.24, 2.45) is 0 Å². The minimum Gasteiger partial charge on any atom is -0.303 e. The average Bonchev–Trinajstić information content (AvgIpc) is 1.60. The average molecular weight is 298 g/mol. The number of hydrogen-bond donors (Lipinski definition) is 2. The van der Waals surface area contributed by atoms with Gasteiger partial charge in [0.2, 0.25) is 0 Å². The summed E-state index contributed by atoms with van der Waals surface area (Å²) in [6, 6.07) is 0. The zero-order valence-electron chi connectivity index (χ0n) is 5.12. The van der Waals surface area contributed by atoms with Gasteiger partial charge in [0.1, 0.15) is 4.51 Å². The molecule has 0 aromatic carbocycles. The molecule has 10 heavy (non-hydrogen) atoms. The van der Waals surface area contributed by atoms with Gasteiger partial charge in [0.05, 0.1) is 0 Å². The summed E-state index contributed by atoms with van der Waals surface area (Å²) in [6.45, 7) is 1.50. The lowest BCUT2D eigenvalue weighted by Gasteiger charge is -2.19. The van der Waals surface area contributed by atoms with Gasteiger partial charge in [-0.15, -0.1) is 0 Å². The molecule has 2 N–H and O–H groups in total. The Balaban J connectivity index is 4.02. The van der Waals surface area contributed by atoms with E-state index in [0.717, 1.165) is 0 Å². The Kier molecular flexibility index (Phi) is 4.04. The summed E-state index contributed by atoms with van der Waals surface area (Å²) in [5, 5.41) is 0.297. The Labute approximate surface area is 75.5 Å². The second kappa shape index (κ2) is 3.65. The van der Waals surface area contributed by atoms with E-state index in [9.17, 15) is 4.57 Å². The predicted octanol–water partition coefficient (Wildman–Crippen LogP) is 1.60. The van der Waals surface area contributed by atoms with E-state index < -0.39 is 12.3 Å². The Bertz CT molecular complexity index is 153. The molecule has 0 heterocycles. The van der Waals surface area contributed by atoms with Crippen molar-refractivity contribution in [2.45, 2.75) is 11.4 Å². The summed E-state index contributed by atoms with van der Waals surface area (Å²) < 4.78 is 13.5. The summed E-state index contributed by atoms with van der Waals surface area (Å²) in [4.78, 5) is 16.6. The molecular weight excluding hydrogens is 291 g/mol. The first-order valence-electron chi connectivity index (χ1n) is 2.28. The van der Waals surface area contributed by atoms with Crippen LogP contribution in [0.4, 0.5) is 0 Å². The van der Waals surface area contributed by atoms with Crippen LogP contribution in [0.15, 0.2) is 0 Å². The lowest BCUT2D eigenvalue weighted by molar-refractivity contribution is 0.142. The monoisotopic (exact) mass is 296 g/mol. The molecule has 0 bridgehead atoms. The van der Waals surface area contributed by atoms with Crippen molar-refractivity contribution in [3.8, 4) is 0 Å². The third-order valence-corrected chi connectivity index (χ3v) is 3.70. The third kappa shape index (κ3) is 5.82. The minimum absolute atomic E-state index is 0.297. The van der Waals surface area contributed by atoms with Crippen molar-refractivity contribution >= 4 is 39.7 Å². The van der Waals surface area contributed by atoms with Crippen LogP contribution in [-0.4, -0.2) is 19.6 Å². The van der Waals surface area contributed by atoms with Crippen LogP contribution < -0.4 is 0 Å². The van der Waals surface area contributed by atoms with Gasteiger partial charge in [-0.05, 0) is 6.92 Å². The van der Waals surface area contributed by atoms with Gasteiger partial charge < -0.3 is 9.79 Å². The van der Waals surface area contributed by atoms with E-state index >= 15 is 0 Å². The first-order chi connectivity index (χ1) is 4.27. The molecule has 0 saturated heterocycles. The first kappa shape index (κ1) is 11.1. The molecule has 4 nitrogen and oxygen atoms in total. The fourth-order valence-electron chi connectivity index (χ4n) is 0.272. The Hall–Kier alpha value is 1.07. The molecule has 0 aliphatic rings. The van der Waals surface area contributed by atoms with Crippen LogP contribution in [0.5, 0.6) is 0 Å². The molecule has 0 aromatic rings. The van der Waals surface area contributed by atoms with Crippen LogP contribution in [0.25, 0.3) is 0 Å². The van der Waals surface area contributed by atoms with Gasteiger partial charge in [-0.25, -0.2) is 4.57 Å². The number of phosphoric acid groups is 1. The third-order valence-electron chi connectivity index (χ3n) is 0.548. The number of phosphoric ester groups is 1. The number of alkyl halides is 2. The number of halogens is 2. The molecule has 7 heteroatoms. The van der Waals surface area contributed by atoms with E-state index in [1.54, 1.807) is 0 Å². The summed E-state index contributed by atoms with van der Waals surface area (Å²) in [7, 11) is -4.38. The lowest BCUT2D eigenvalue weighted by Crippen LogP contribution is -2.20. The lowest BCUT2D eigenvalue weighted by atomic mass is 10.5. The molecule has 0 aliphatic carbocycles. The normalized spacial score (nSPS) is 18.5. The van der Waals surface area contributed by atoms with Crippen LogP contribution in [0.2, 0.25) is 0 Å². The highest BCUT2D eigenvalue weighted by atomic mass is 79.9. The Morgan fingerprint density at radius 2 is 2.10 bits per heavy atom. The zero-order valence-corrected chi connectivity index (χ0v) is 9.19. The molecule has 0 rings (SSSR count). The van der Waals surface area contributed by atoms with E-state index in [1.165, 1.54) is 6.92 Å². The van der Waals surface area contributed by atoms with Gasteiger partial charge in [0, 0.05) is 5.33 Å².